The first kappa shape index (κ1) is 30.0. The van der Waals surface area contributed by atoms with Crippen LogP contribution in [0.2, 0.25) is 0 Å². The van der Waals surface area contributed by atoms with Gasteiger partial charge in [-0.15, -0.1) is 5.10 Å². The fourth-order valence-electron chi connectivity index (χ4n) is 4.60. The molecule has 0 N–H and O–H groups in total. The third-order valence-electron chi connectivity index (χ3n) is 6.67. The number of aromatic nitrogens is 3. The minimum Gasteiger partial charge on any atom is -0.495 e. The number of anilines is 1. The third-order valence-corrected chi connectivity index (χ3v) is 6.67. The van der Waals surface area contributed by atoms with Crippen molar-refractivity contribution in [3.8, 4) is 5.75 Å². The number of hydrogen-bond acceptors (Lipinski definition) is 5. The normalized spacial score (nSPS) is 18.9. The SMILES string of the molecule is CCCCCCn1cc([C]2[CH][CH][CH][CH]2)nn1.COc1ccccc1N1CCN(C[C]2[CH][CH][CH][CH]2)CC1.[Fe+2]. The number of rotatable bonds is 10. The molecule has 0 spiro atoms. The summed E-state index contributed by atoms with van der Waals surface area (Å²) < 4.78 is 7.40. The summed E-state index contributed by atoms with van der Waals surface area (Å²) in [6, 6.07) is 8.28. The van der Waals surface area contributed by atoms with Crippen LogP contribution in [0, 0.1) is 63.2 Å². The fraction of sp³-hybridized carbons (Fsp3) is 0.400. The molecule has 37 heavy (non-hydrogen) atoms. The van der Waals surface area contributed by atoms with Crippen molar-refractivity contribution >= 4 is 5.69 Å². The van der Waals surface area contributed by atoms with Crippen molar-refractivity contribution in [1.29, 1.82) is 0 Å². The van der Waals surface area contributed by atoms with Crippen molar-refractivity contribution in [1.82, 2.24) is 19.9 Å². The predicted octanol–water partition coefficient (Wildman–Crippen LogP) is 4.83. The van der Waals surface area contributed by atoms with E-state index in [4.69, 9.17) is 4.74 Å². The van der Waals surface area contributed by atoms with E-state index in [1.807, 2.05) is 35.9 Å². The summed E-state index contributed by atoms with van der Waals surface area (Å²) in [5.74, 6) is 3.53. The van der Waals surface area contributed by atoms with Crippen LogP contribution in [-0.2, 0) is 23.6 Å². The van der Waals surface area contributed by atoms with Crippen LogP contribution in [0.4, 0.5) is 5.69 Å². The number of nitrogens with zero attached hydrogens (tertiary/aromatic N) is 5. The molecular weight excluding hydrogens is 502 g/mol. The number of unbranched alkanes of at least 4 members (excludes halogenated alkanes) is 3. The molecule has 1 aromatic carbocycles. The van der Waals surface area contributed by atoms with Crippen LogP contribution in [0.3, 0.4) is 0 Å². The molecule has 3 aliphatic rings. The largest absolute Gasteiger partial charge is 2.00 e. The van der Waals surface area contributed by atoms with Gasteiger partial charge in [-0.25, -0.2) is 0 Å². The predicted molar refractivity (Wildman–Crippen MR) is 146 cm³/mol. The molecule has 1 saturated heterocycles. The molecule has 0 unspecified atom stereocenters. The van der Waals surface area contributed by atoms with Crippen molar-refractivity contribution in [2.24, 2.45) is 0 Å². The molecule has 7 heteroatoms. The van der Waals surface area contributed by atoms with Crippen LogP contribution in [0.1, 0.15) is 38.3 Å². The Kier molecular flexibility index (Phi) is 13.3. The van der Waals surface area contributed by atoms with E-state index in [1.54, 1.807) is 7.11 Å². The molecule has 5 rings (SSSR count). The average molecular weight is 542 g/mol. The van der Waals surface area contributed by atoms with Crippen LogP contribution in [0.15, 0.2) is 30.5 Å². The number of ether oxygens (including phenoxy) is 1. The summed E-state index contributed by atoms with van der Waals surface area (Å²) in [5, 5.41) is 8.31. The van der Waals surface area contributed by atoms with Gasteiger partial charge in [-0.3, -0.25) is 9.58 Å². The van der Waals surface area contributed by atoms with Crippen molar-refractivity contribution < 1.29 is 21.8 Å². The molecular formula is C30H39FeN5O+2. The molecule has 1 aromatic heterocycles. The van der Waals surface area contributed by atoms with Gasteiger partial charge in [0.1, 0.15) is 5.75 Å². The van der Waals surface area contributed by atoms with Crippen molar-refractivity contribution in [2.45, 2.75) is 39.2 Å². The van der Waals surface area contributed by atoms with Crippen molar-refractivity contribution in [2.75, 3.05) is 44.7 Å². The first-order chi connectivity index (χ1) is 17.8. The van der Waals surface area contributed by atoms with E-state index in [2.05, 4.69) is 77.7 Å². The third kappa shape index (κ3) is 9.30. The molecule has 0 bridgehead atoms. The van der Waals surface area contributed by atoms with Crippen LogP contribution >= 0.6 is 0 Å². The summed E-state index contributed by atoms with van der Waals surface area (Å²) in [5.41, 5.74) is 2.18. The van der Waals surface area contributed by atoms with E-state index >= 15 is 0 Å². The van der Waals surface area contributed by atoms with E-state index in [0.29, 0.717) is 0 Å². The Balaban J connectivity index is 0.000000205. The first-order valence-electron chi connectivity index (χ1n) is 13.2. The smallest absolute Gasteiger partial charge is 0.495 e. The van der Waals surface area contributed by atoms with Gasteiger partial charge in [-0.1, -0.05) is 43.5 Å². The number of para-hydroxylation sites is 2. The minimum absolute atomic E-state index is 0. The summed E-state index contributed by atoms with van der Waals surface area (Å²) in [6.45, 7) is 8.58. The molecule has 2 aromatic rings. The molecule has 2 saturated carbocycles. The van der Waals surface area contributed by atoms with E-state index in [1.165, 1.54) is 37.3 Å². The minimum atomic E-state index is 0. The first-order valence-corrected chi connectivity index (χ1v) is 13.2. The maximum absolute atomic E-state index is 5.46. The zero-order chi connectivity index (χ0) is 25.0. The fourth-order valence-corrected chi connectivity index (χ4v) is 4.60. The molecule has 0 atom stereocenters. The zero-order valence-corrected chi connectivity index (χ0v) is 23.2. The summed E-state index contributed by atoms with van der Waals surface area (Å²) >= 11 is 0. The van der Waals surface area contributed by atoms with Gasteiger partial charge < -0.3 is 9.64 Å². The Bertz CT molecular complexity index is 870. The van der Waals surface area contributed by atoms with Gasteiger partial charge in [-0.2, -0.15) is 0 Å². The molecule has 10 radical (unpaired) electrons. The van der Waals surface area contributed by atoms with Gasteiger partial charge in [-0.05, 0) is 75.8 Å². The number of piperazine rings is 1. The average Bonchev–Trinajstić information content (AvgIpc) is 3.71. The van der Waals surface area contributed by atoms with Gasteiger partial charge in [0.15, 0.2) is 0 Å². The topological polar surface area (TPSA) is 46.4 Å². The van der Waals surface area contributed by atoms with Gasteiger partial charge in [0, 0.05) is 51.4 Å². The van der Waals surface area contributed by atoms with Crippen molar-refractivity contribution in [3.63, 3.8) is 0 Å². The molecule has 2 heterocycles. The standard InChI is InChI=1S/C17H21N2O.C13H18N3.Fe/c1-20-17-9-5-4-8-16(17)19-12-10-18(11-13-19)14-15-6-2-3-7-15;1-2-3-4-7-10-16-11-13(14-15-16)12-8-5-6-9-12;/h2-9H,10-14H2,1H3;5-6,8-9,11H,2-4,7,10H2,1H3;/q;;+2. The Morgan fingerprint density at radius 1 is 0.865 bits per heavy atom. The second kappa shape index (κ2) is 16.4. The molecule has 2 aliphatic carbocycles. The van der Waals surface area contributed by atoms with Gasteiger partial charge >= 0.3 is 17.1 Å². The Morgan fingerprint density at radius 3 is 2.27 bits per heavy atom. The van der Waals surface area contributed by atoms with E-state index < -0.39 is 0 Å². The second-order valence-electron chi connectivity index (χ2n) is 9.33. The number of methoxy groups -OCH3 is 1. The monoisotopic (exact) mass is 541 g/mol. The quantitative estimate of drug-likeness (QED) is 0.319. The Morgan fingerprint density at radius 2 is 1.57 bits per heavy atom. The summed E-state index contributed by atoms with van der Waals surface area (Å²) in [7, 11) is 1.74. The van der Waals surface area contributed by atoms with Gasteiger partial charge in [0.25, 0.3) is 0 Å². The van der Waals surface area contributed by atoms with Crippen LogP contribution in [-0.4, -0.2) is 59.7 Å². The Hall–Kier alpha value is -1.56. The summed E-state index contributed by atoms with van der Waals surface area (Å²) in [4.78, 5) is 4.93. The second-order valence-corrected chi connectivity index (χ2v) is 9.33. The number of benzene rings is 1. The van der Waals surface area contributed by atoms with E-state index in [9.17, 15) is 0 Å². The van der Waals surface area contributed by atoms with Crippen LogP contribution in [0.5, 0.6) is 5.75 Å². The maximum atomic E-state index is 5.46. The number of hydrogen-bond donors (Lipinski definition) is 0. The number of aryl methyl sites for hydroxylation is 1. The molecule has 0 amide bonds. The maximum Gasteiger partial charge on any atom is 2.00 e. The van der Waals surface area contributed by atoms with E-state index in [0.717, 1.165) is 56.6 Å². The molecule has 196 valence electrons. The molecule has 1 aliphatic heterocycles. The Labute approximate surface area is 236 Å². The van der Waals surface area contributed by atoms with Crippen LogP contribution in [0.25, 0.3) is 0 Å². The summed E-state index contributed by atoms with van der Waals surface area (Å²) in [6.07, 6.45) is 23.9. The van der Waals surface area contributed by atoms with E-state index in [-0.39, 0.29) is 17.1 Å². The molecule has 3 fully saturated rings. The molecule has 6 nitrogen and oxygen atoms in total. The van der Waals surface area contributed by atoms with Crippen LogP contribution < -0.4 is 9.64 Å². The van der Waals surface area contributed by atoms with Crippen molar-refractivity contribution in [3.05, 3.63) is 99.4 Å². The van der Waals surface area contributed by atoms with Gasteiger partial charge in [0.2, 0.25) is 0 Å². The zero-order valence-electron chi connectivity index (χ0n) is 22.1. The van der Waals surface area contributed by atoms with Gasteiger partial charge in [0.05, 0.1) is 18.5 Å².